The molecular weight excluding hydrogens is 498 g/mol. The summed E-state index contributed by atoms with van der Waals surface area (Å²) < 4.78 is 6.13. The molecule has 206 valence electrons. The monoisotopic (exact) mass is 533 g/mol. The average molecular weight is 534 g/mol. The van der Waals surface area contributed by atoms with Crippen molar-refractivity contribution < 1.29 is 29.6 Å². The number of carboxylic acid groups (broad SMARTS) is 2. The summed E-state index contributed by atoms with van der Waals surface area (Å²) in [5.41, 5.74) is 3.07. The van der Waals surface area contributed by atoms with Gasteiger partial charge in [0.1, 0.15) is 5.60 Å². The van der Waals surface area contributed by atoms with Crippen LogP contribution in [0.3, 0.4) is 0 Å². The number of aromatic nitrogens is 2. The Bertz CT molecular complexity index is 1270. The van der Waals surface area contributed by atoms with Gasteiger partial charge >= 0.3 is 12.2 Å². The van der Waals surface area contributed by atoms with Crippen molar-refractivity contribution in [1.29, 1.82) is 0 Å². The number of hydrogen-bond donors (Lipinski definition) is 3. The van der Waals surface area contributed by atoms with Crippen LogP contribution in [0, 0.1) is 0 Å². The van der Waals surface area contributed by atoms with Crippen LogP contribution in [0.25, 0.3) is 11.3 Å². The van der Waals surface area contributed by atoms with Crippen LogP contribution in [0.4, 0.5) is 9.59 Å². The minimum absolute atomic E-state index is 0.143. The van der Waals surface area contributed by atoms with Crippen LogP contribution in [0.15, 0.2) is 66.7 Å². The smallest absolute Gasteiger partial charge is 0.450 e. The Balaban J connectivity index is 0.000000826. The largest absolute Gasteiger partial charge is 0.503 e. The van der Waals surface area contributed by atoms with E-state index in [9.17, 15) is 9.90 Å². The van der Waals surface area contributed by atoms with Crippen molar-refractivity contribution in [2.24, 2.45) is 0 Å². The summed E-state index contributed by atoms with van der Waals surface area (Å²) in [6.07, 6.45) is 1.18. The molecule has 3 N–H and O–H groups in total. The highest BCUT2D eigenvalue weighted by molar-refractivity contribution is 5.70. The summed E-state index contributed by atoms with van der Waals surface area (Å²) in [4.78, 5) is 23.6. The SMILES string of the molecule is C[C@@H](c1ccc(-c2ccc(C3CC3)nn2)cc1)N1CC[C@](CC(C)(C)O)(c2ccccc2)OC1=O.O=C(O)O. The number of cyclic esters (lactones) is 1. The third kappa shape index (κ3) is 7.11. The zero-order chi connectivity index (χ0) is 28.2. The number of benzene rings is 2. The van der Waals surface area contributed by atoms with Crippen molar-refractivity contribution in [2.45, 2.75) is 69.6 Å². The predicted octanol–water partition coefficient (Wildman–Crippen LogP) is 6.20. The van der Waals surface area contributed by atoms with E-state index in [2.05, 4.69) is 16.3 Å². The molecule has 2 aromatic carbocycles. The lowest BCUT2D eigenvalue weighted by Gasteiger charge is -2.45. The molecule has 9 heteroatoms. The first-order valence-electron chi connectivity index (χ1n) is 13.1. The third-order valence-corrected chi connectivity index (χ3v) is 7.13. The molecule has 1 saturated heterocycles. The van der Waals surface area contributed by atoms with Crippen molar-refractivity contribution in [3.05, 3.63) is 83.6 Å². The van der Waals surface area contributed by atoms with E-state index < -0.39 is 17.4 Å². The Labute approximate surface area is 228 Å². The van der Waals surface area contributed by atoms with E-state index in [0.29, 0.717) is 25.3 Å². The minimum Gasteiger partial charge on any atom is -0.450 e. The van der Waals surface area contributed by atoms with E-state index in [1.807, 2.05) is 67.6 Å². The Hall–Kier alpha value is -3.98. The van der Waals surface area contributed by atoms with Crippen LogP contribution >= 0.6 is 0 Å². The highest BCUT2D eigenvalue weighted by atomic mass is 16.6. The van der Waals surface area contributed by atoms with Gasteiger partial charge in [0.25, 0.3) is 0 Å². The van der Waals surface area contributed by atoms with E-state index in [4.69, 9.17) is 19.7 Å². The number of carbonyl (C=O) groups is 2. The molecule has 1 saturated carbocycles. The van der Waals surface area contributed by atoms with Gasteiger partial charge in [0.15, 0.2) is 0 Å². The highest BCUT2D eigenvalue weighted by Gasteiger charge is 2.46. The average Bonchev–Trinajstić information content (AvgIpc) is 3.74. The first-order valence-corrected chi connectivity index (χ1v) is 13.1. The molecule has 2 aliphatic rings. The summed E-state index contributed by atoms with van der Waals surface area (Å²) in [5.74, 6) is 0.591. The molecule has 1 amide bonds. The predicted molar refractivity (Wildman–Crippen MR) is 145 cm³/mol. The number of ether oxygens (including phenoxy) is 1. The zero-order valence-electron chi connectivity index (χ0n) is 22.4. The second-order valence-electron chi connectivity index (χ2n) is 10.9. The van der Waals surface area contributed by atoms with Crippen LogP contribution in [0.5, 0.6) is 0 Å². The maximum absolute atomic E-state index is 13.3. The van der Waals surface area contributed by atoms with Gasteiger partial charge in [-0.2, -0.15) is 10.2 Å². The molecule has 1 aliphatic carbocycles. The van der Waals surface area contributed by atoms with Gasteiger partial charge in [0.2, 0.25) is 0 Å². The maximum atomic E-state index is 13.3. The summed E-state index contributed by atoms with van der Waals surface area (Å²) in [6.45, 7) is 6.07. The Kier molecular flexibility index (Phi) is 8.20. The zero-order valence-corrected chi connectivity index (χ0v) is 22.4. The number of nitrogens with zero attached hydrogens (tertiary/aromatic N) is 3. The second kappa shape index (κ2) is 11.4. The van der Waals surface area contributed by atoms with Gasteiger partial charge in [-0.1, -0.05) is 54.6 Å². The van der Waals surface area contributed by atoms with E-state index in [0.717, 1.165) is 28.1 Å². The van der Waals surface area contributed by atoms with Gasteiger partial charge in [-0.25, -0.2) is 9.59 Å². The van der Waals surface area contributed by atoms with Crippen molar-refractivity contribution in [1.82, 2.24) is 15.1 Å². The molecule has 0 radical (unpaired) electrons. The van der Waals surface area contributed by atoms with Gasteiger partial charge in [-0.3, -0.25) is 0 Å². The molecule has 0 bridgehead atoms. The highest BCUT2D eigenvalue weighted by Crippen LogP contribution is 2.42. The van der Waals surface area contributed by atoms with Gasteiger partial charge in [0, 0.05) is 30.9 Å². The topological polar surface area (TPSA) is 133 Å². The van der Waals surface area contributed by atoms with Crippen molar-refractivity contribution in [2.75, 3.05) is 6.54 Å². The van der Waals surface area contributed by atoms with Crippen molar-refractivity contribution >= 4 is 12.2 Å². The number of rotatable bonds is 7. The van der Waals surface area contributed by atoms with E-state index in [-0.39, 0.29) is 12.1 Å². The molecule has 2 fully saturated rings. The quantitative estimate of drug-likeness (QED) is 0.327. The molecule has 2 heterocycles. The molecular formula is C30H35N3O6. The van der Waals surface area contributed by atoms with E-state index in [1.165, 1.54) is 12.8 Å². The fourth-order valence-electron chi connectivity index (χ4n) is 5.10. The Morgan fingerprint density at radius 1 is 1.05 bits per heavy atom. The third-order valence-electron chi connectivity index (χ3n) is 7.13. The first kappa shape index (κ1) is 28.0. The molecule has 9 nitrogen and oxygen atoms in total. The standard InChI is InChI=1S/C29H33N3O3.CH2O3/c1-20(21-9-11-22(12-10-21)25-15-16-26(31-30-25)23-13-14-23)32-18-17-29(35-27(32)33,19-28(2,3)34)24-7-5-4-6-8-24;2-1(3)4/h4-12,15-16,20,23,34H,13-14,17-19H2,1-3H3;(H2,2,3,4)/t20-,29-;/m0./s1. The lowest BCUT2D eigenvalue weighted by Crippen LogP contribution is -2.51. The molecule has 3 aromatic rings. The van der Waals surface area contributed by atoms with E-state index in [1.54, 1.807) is 18.7 Å². The van der Waals surface area contributed by atoms with E-state index >= 15 is 0 Å². The minimum atomic E-state index is -1.83. The van der Waals surface area contributed by atoms with Crippen LogP contribution in [-0.4, -0.2) is 54.8 Å². The van der Waals surface area contributed by atoms with Crippen molar-refractivity contribution in [3.63, 3.8) is 0 Å². The lowest BCUT2D eigenvalue weighted by molar-refractivity contribution is -0.101. The fourth-order valence-corrected chi connectivity index (χ4v) is 5.10. The van der Waals surface area contributed by atoms with Gasteiger partial charge in [0.05, 0.1) is 23.0 Å². The number of carbonyl (C=O) groups excluding carboxylic acids is 1. The Morgan fingerprint density at radius 2 is 1.69 bits per heavy atom. The molecule has 1 aromatic heterocycles. The van der Waals surface area contributed by atoms with Crippen LogP contribution < -0.4 is 0 Å². The van der Waals surface area contributed by atoms with Crippen LogP contribution in [0.2, 0.25) is 0 Å². The van der Waals surface area contributed by atoms with Crippen LogP contribution in [0.1, 0.15) is 75.2 Å². The first-order chi connectivity index (χ1) is 18.5. The fraction of sp³-hybridized carbons (Fsp3) is 0.400. The van der Waals surface area contributed by atoms with Crippen LogP contribution in [-0.2, 0) is 10.3 Å². The molecule has 0 spiro atoms. The summed E-state index contributed by atoms with van der Waals surface area (Å²) in [6, 6.07) is 21.9. The lowest BCUT2D eigenvalue weighted by atomic mass is 9.80. The number of amides is 1. The summed E-state index contributed by atoms with van der Waals surface area (Å²) in [5, 5.41) is 33.3. The maximum Gasteiger partial charge on any atom is 0.503 e. The van der Waals surface area contributed by atoms with Gasteiger partial charge in [-0.15, -0.1) is 0 Å². The van der Waals surface area contributed by atoms with Crippen molar-refractivity contribution in [3.8, 4) is 11.3 Å². The summed E-state index contributed by atoms with van der Waals surface area (Å²) in [7, 11) is 0. The molecule has 2 atom stereocenters. The number of hydrogen-bond acceptors (Lipinski definition) is 6. The molecule has 5 rings (SSSR count). The second-order valence-corrected chi connectivity index (χ2v) is 10.9. The Morgan fingerprint density at radius 3 is 2.21 bits per heavy atom. The number of aliphatic hydroxyl groups is 1. The molecule has 0 unspecified atom stereocenters. The summed E-state index contributed by atoms with van der Waals surface area (Å²) >= 11 is 0. The van der Waals surface area contributed by atoms with Gasteiger partial charge in [-0.05, 0) is 56.9 Å². The van der Waals surface area contributed by atoms with Gasteiger partial charge < -0.3 is 25.0 Å². The molecule has 1 aliphatic heterocycles. The normalized spacial score (nSPS) is 19.9. The molecule has 39 heavy (non-hydrogen) atoms.